The molecule has 5 heteroatoms. The second-order valence-corrected chi connectivity index (χ2v) is 4.51. The molecule has 0 spiro atoms. The molecule has 3 rings (SSSR count). The molecule has 0 fully saturated rings. The van der Waals surface area contributed by atoms with Crippen LogP contribution in [-0.4, -0.2) is 22.0 Å². The zero-order valence-electron chi connectivity index (χ0n) is 9.11. The van der Waals surface area contributed by atoms with Gasteiger partial charge >= 0.3 is 0 Å². The lowest BCUT2D eigenvalue weighted by atomic mass is 10.2. The SMILES string of the molecule is CNc1ncc2cc3cccc(Br)c3nc2n1. The minimum absolute atomic E-state index is 0.580. The Morgan fingerprint density at radius 2 is 2.06 bits per heavy atom. The van der Waals surface area contributed by atoms with Gasteiger partial charge in [-0.05, 0) is 28.1 Å². The number of hydrogen-bond acceptors (Lipinski definition) is 4. The maximum absolute atomic E-state index is 4.55. The quantitative estimate of drug-likeness (QED) is 0.700. The number of fused-ring (bicyclic) bond motifs is 2. The van der Waals surface area contributed by atoms with Gasteiger partial charge in [-0.15, -0.1) is 0 Å². The van der Waals surface area contributed by atoms with E-state index in [0.29, 0.717) is 11.6 Å². The monoisotopic (exact) mass is 288 g/mol. The molecule has 0 unspecified atom stereocenters. The highest BCUT2D eigenvalue weighted by Crippen LogP contribution is 2.24. The first-order chi connectivity index (χ1) is 8.28. The van der Waals surface area contributed by atoms with Gasteiger partial charge in [0.05, 0.1) is 5.52 Å². The van der Waals surface area contributed by atoms with E-state index in [1.165, 1.54) is 0 Å². The van der Waals surface area contributed by atoms with Crippen LogP contribution < -0.4 is 5.32 Å². The van der Waals surface area contributed by atoms with E-state index in [1.807, 2.05) is 24.3 Å². The zero-order valence-corrected chi connectivity index (χ0v) is 10.7. The molecule has 0 atom stereocenters. The van der Waals surface area contributed by atoms with Crippen LogP contribution in [0.4, 0.5) is 5.95 Å². The van der Waals surface area contributed by atoms with E-state index in [9.17, 15) is 0 Å². The van der Waals surface area contributed by atoms with E-state index in [0.717, 1.165) is 20.8 Å². The van der Waals surface area contributed by atoms with Crippen molar-refractivity contribution in [2.45, 2.75) is 0 Å². The van der Waals surface area contributed by atoms with Gasteiger partial charge < -0.3 is 5.32 Å². The van der Waals surface area contributed by atoms with Crippen LogP contribution in [0.3, 0.4) is 0 Å². The van der Waals surface area contributed by atoms with E-state index < -0.39 is 0 Å². The predicted molar refractivity (Wildman–Crippen MR) is 72.1 cm³/mol. The number of nitrogens with one attached hydrogen (secondary N) is 1. The molecule has 84 valence electrons. The molecule has 0 amide bonds. The molecule has 17 heavy (non-hydrogen) atoms. The number of halogens is 1. The Morgan fingerprint density at radius 1 is 1.18 bits per heavy atom. The molecule has 1 aromatic carbocycles. The second kappa shape index (κ2) is 3.92. The molecular weight excluding hydrogens is 280 g/mol. The maximum Gasteiger partial charge on any atom is 0.224 e. The first kappa shape index (κ1) is 10.4. The van der Waals surface area contributed by atoms with Gasteiger partial charge in [0.2, 0.25) is 5.95 Å². The van der Waals surface area contributed by atoms with Crippen molar-refractivity contribution >= 4 is 43.8 Å². The summed E-state index contributed by atoms with van der Waals surface area (Å²) >= 11 is 3.50. The minimum atomic E-state index is 0.580. The van der Waals surface area contributed by atoms with Crippen LogP contribution >= 0.6 is 15.9 Å². The number of pyridine rings is 1. The highest BCUT2D eigenvalue weighted by Gasteiger charge is 2.04. The van der Waals surface area contributed by atoms with Crippen molar-refractivity contribution < 1.29 is 0 Å². The normalized spacial score (nSPS) is 10.9. The highest BCUT2D eigenvalue weighted by atomic mass is 79.9. The van der Waals surface area contributed by atoms with Gasteiger partial charge in [0.15, 0.2) is 5.65 Å². The van der Waals surface area contributed by atoms with Crippen molar-refractivity contribution in [2.24, 2.45) is 0 Å². The minimum Gasteiger partial charge on any atom is -0.357 e. The van der Waals surface area contributed by atoms with E-state index in [4.69, 9.17) is 0 Å². The van der Waals surface area contributed by atoms with Gasteiger partial charge in [-0.3, -0.25) is 0 Å². The van der Waals surface area contributed by atoms with E-state index in [2.05, 4.69) is 36.2 Å². The van der Waals surface area contributed by atoms with Crippen molar-refractivity contribution in [3.8, 4) is 0 Å². The summed E-state index contributed by atoms with van der Waals surface area (Å²) in [5, 5.41) is 4.92. The van der Waals surface area contributed by atoms with Gasteiger partial charge in [-0.25, -0.2) is 9.97 Å². The Balaban J connectivity index is 2.40. The fourth-order valence-electron chi connectivity index (χ4n) is 1.73. The average molecular weight is 289 g/mol. The van der Waals surface area contributed by atoms with Crippen LogP contribution in [0.5, 0.6) is 0 Å². The summed E-state index contributed by atoms with van der Waals surface area (Å²) in [7, 11) is 1.79. The Kier molecular flexibility index (Phi) is 2.40. The lowest BCUT2D eigenvalue weighted by Gasteiger charge is -2.03. The van der Waals surface area contributed by atoms with Crippen LogP contribution in [0, 0.1) is 0 Å². The molecule has 1 N–H and O–H groups in total. The second-order valence-electron chi connectivity index (χ2n) is 3.66. The van der Waals surface area contributed by atoms with Gasteiger partial charge in [0.25, 0.3) is 0 Å². The molecule has 0 saturated carbocycles. The first-order valence-corrected chi connectivity index (χ1v) is 5.97. The van der Waals surface area contributed by atoms with Crippen LogP contribution in [0.15, 0.2) is 34.9 Å². The number of aromatic nitrogens is 3. The smallest absolute Gasteiger partial charge is 0.224 e. The molecule has 0 aliphatic heterocycles. The highest BCUT2D eigenvalue weighted by molar-refractivity contribution is 9.10. The van der Waals surface area contributed by atoms with E-state index in [1.54, 1.807) is 13.2 Å². The Hall–Kier alpha value is -1.75. The fourth-order valence-corrected chi connectivity index (χ4v) is 2.20. The third-order valence-electron chi connectivity index (χ3n) is 2.57. The van der Waals surface area contributed by atoms with Crippen LogP contribution in [0.25, 0.3) is 21.9 Å². The molecule has 3 aromatic rings. The molecule has 0 saturated heterocycles. The number of nitrogens with zero attached hydrogens (tertiary/aromatic N) is 3. The van der Waals surface area contributed by atoms with Gasteiger partial charge in [-0.1, -0.05) is 12.1 Å². The Morgan fingerprint density at radius 3 is 2.88 bits per heavy atom. The summed E-state index contributed by atoms with van der Waals surface area (Å²) in [6, 6.07) is 8.03. The summed E-state index contributed by atoms with van der Waals surface area (Å²) in [6.45, 7) is 0. The number of benzene rings is 1. The Bertz CT molecular complexity index is 711. The first-order valence-electron chi connectivity index (χ1n) is 5.18. The van der Waals surface area contributed by atoms with Gasteiger partial charge in [-0.2, -0.15) is 4.98 Å². The van der Waals surface area contributed by atoms with E-state index in [-0.39, 0.29) is 0 Å². The molecular formula is C12H9BrN4. The van der Waals surface area contributed by atoms with E-state index >= 15 is 0 Å². The topological polar surface area (TPSA) is 50.7 Å². The Labute approximate surface area is 106 Å². The number of para-hydroxylation sites is 1. The fraction of sp³-hybridized carbons (Fsp3) is 0.0833. The molecule has 0 aliphatic carbocycles. The lowest BCUT2D eigenvalue weighted by molar-refractivity contribution is 1.17. The largest absolute Gasteiger partial charge is 0.357 e. The zero-order chi connectivity index (χ0) is 11.8. The number of rotatable bonds is 1. The van der Waals surface area contributed by atoms with Crippen LogP contribution in [-0.2, 0) is 0 Å². The van der Waals surface area contributed by atoms with Crippen molar-refractivity contribution in [3.63, 3.8) is 0 Å². The molecule has 4 nitrogen and oxygen atoms in total. The van der Waals surface area contributed by atoms with Gasteiger partial charge in [0.1, 0.15) is 0 Å². The summed E-state index contributed by atoms with van der Waals surface area (Å²) in [5.74, 6) is 0.580. The molecule has 0 aliphatic rings. The lowest BCUT2D eigenvalue weighted by Crippen LogP contribution is -1.97. The molecule has 0 radical (unpaired) electrons. The molecule has 2 heterocycles. The number of anilines is 1. The van der Waals surface area contributed by atoms with Crippen molar-refractivity contribution in [2.75, 3.05) is 12.4 Å². The summed E-state index contributed by atoms with van der Waals surface area (Å²) in [5.41, 5.74) is 1.62. The maximum atomic E-state index is 4.55. The predicted octanol–water partition coefficient (Wildman–Crippen LogP) is 2.98. The van der Waals surface area contributed by atoms with Crippen LogP contribution in [0.1, 0.15) is 0 Å². The third kappa shape index (κ3) is 1.72. The van der Waals surface area contributed by atoms with Gasteiger partial charge in [0, 0.05) is 28.5 Å². The summed E-state index contributed by atoms with van der Waals surface area (Å²) in [6.07, 6.45) is 1.78. The van der Waals surface area contributed by atoms with Crippen LogP contribution in [0.2, 0.25) is 0 Å². The van der Waals surface area contributed by atoms with Crippen molar-refractivity contribution in [1.29, 1.82) is 0 Å². The number of hydrogen-bond donors (Lipinski definition) is 1. The average Bonchev–Trinajstić information content (AvgIpc) is 2.37. The standard InChI is InChI=1S/C12H9BrN4/c1-14-12-15-6-8-5-7-3-2-4-9(13)10(7)16-11(8)17-12/h2-6H,1H3,(H,14,15,16,17). The van der Waals surface area contributed by atoms with Crippen molar-refractivity contribution in [3.05, 3.63) is 34.9 Å². The molecule has 2 aromatic heterocycles. The summed E-state index contributed by atoms with van der Waals surface area (Å²) < 4.78 is 0.974. The van der Waals surface area contributed by atoms with Crippen molar-refractivity contribution in [1.82, 2.24) is 15.0 Å². The third-order valence-corrected chi connectivity index (χ3v) is 3.21. The molecule has 0 bridgehead atoms. The summed E-state index contributed by atoms with van der Waals surface area (Å²) in [4.78, 5) is 13.1.